The van der Waals surface area contributed by atoms with Crippen molar-refractivity contribution in [2.75, 3.05) is 23.9 Å². The van der Waals surface area contributed by atoms with E-state index in [0.29, 0.717) is 10.3 Å². The van der Waals surface area contributed by atoms with Gasteiger partial charge in [-0.05, 0) is 46.8 Å². The predicted octanol–water partition coefficient (Wildman–Crippen LogP) is 3.93. The Labute approximate surface area is 109 Å². The zero-order chi connectivity index (χ0) is 11.8. The number of hydrogen-bond acceptors (Lipinski definition) is 3. The Morgan fingerprint density at radius 3 is 2.94 bits per heavy atom. The normalized spacial score (nSPS) is 10.4. The largest absolute Gasteiger partial charge is 0.368 e. The van der Waals surface area contributed by atoms with Crippen LogP contribution in [0.3, 0.4) is 0 Å². The molecule has 0 radical (unpaired) electrons. The summed E-state index contributed by atoms with van der Waals surface area (Å²) in [5, 5.41) is 3.00. The van der Waals surface area contributed by atoms with Crippen LogP contribution < -0.4 is 5.32 Å². The molecule has 1 heterocycles. The molecule has 0 saturated heterocycles. The smallest absolute Gasteiger partial charge is 0.166 e. The predicted molar refractivity (Wildman–Crippen MR) is 72.6 cm³/mol. The van der Waals surface area contributed by atoms with Crippen molar-refractivity contribution in [2.24, 2.45) is 0 Å². The number of pyridine rings is 1. The molecule has 16 heavy (non-hydrogen) atoms. The van der Waals surface area contributed by atoms with Gasteiger partial charge in [0.15, 0.2) is 11.6 Å². The molecule has 1 rings (SSSR count). The van der Waals surface area contributed by atoms with Crippen LogP contribution in [0.15, 0.2) is 16.7 Å². The van der Waals surface area contributed by atoms with Gasteiger partial charge in [-0.25, -0.2) is 9.37 Å². The van der Waals surface area contributed by atoms with Crippen molar-refractivity contribution in [3.8, 4) is 0 Å². The fourth-order valence-electron chi connectivity index (χ4n) is 1.30. The van der Waals surface area contributed by atoms with E-state index in [9.17, 15) is 4.39 Å². The molecule has 0 aromatic carbocycles. The van der Waals surface area contributed by atoms with E-state index in [-0.39, 0.29) is 5.82 Å². The molecule has 1 aromatic heterocycles. The molecule has 0 saturated carbocycles. The van der Waals surface area contributed by atoms with Gasteiger partial charge in [0.1, 0.15) is 0 Å². The Kier molecular flexibility index (Phi) is 6.80. The van der Waals surface area contributed by atoms with Crippen molar-refractivity contribution < 1.29 is 4.39 Å². The van der Waals surface area contributed by atoms with E-state index in [0.717, 1.165) is 13.0 Å². The van der Waals surface area contributed by atoms with Crippen LogP contribution in [-0.2, 0) is 0 Å². The summed E-state index contributed by atoms with van der Waals surface area (Å²) in [4.78, 5) is 3.97. The molecular weight excluding hydrogens is 291 g/mol. The summed E-state index contributed by atoms with van der Waals surface area (Å²) in [7, 11) is 0. The van der Waals surface area contributed by atoms with E-state index in [2.05, 4.69) is 32.5 Å². The summed E-state index contributed by atoms with van der Waals surface area (Å²) in [6, 6.07) is 1.42. The van der Waals surface area contributed by atoms with Crippen molar-refractivity contribution in [3.63, 3.8) is 0 Å². The topological polar surface area (TPSA) is 24.9 Å². The lowest BCUT2D eigenvalue weighted by Crippen LogP contribution is -2.05. The Hall–Kier alpha value is -0.290. The van der Waals surface area contributed by atoms with E-state index in [4.69, 9.17) is 0 Å². The Morgan fingerprint density at radius 2 is 2.25 bits per heavy atom. The molecule has 0 atom stereocenters. The first-order chi connectivity index (χ1) is 7.74. The van der Waals surface area contributed by atoms with Crippen molar-refractivity contribution in [1.29, 1.82) is 0 Å². The molecule has 0 amide bonds. The molecule has 0 spiro atoms. The number of aromatic nitrogens is 1. The second-order valence-electron chi connectivity index (χ2n) is 3.46. The van der Waals surface area contributed by atoms with Gasteiger partial charge in [-0.2, -0.15) is 11.8 Å². The standard InChI is InChI=1S/C11H16BrFN2S/c1-16-6-4-2-3-5-14-11-10(13)7-9(12)8-15-11/h7-8H,2-6H2,1H3,(H,14,15). The fourth-order valence-corrected chi connectivity index (χ4v) is 2.10. The van der Waals surface area contributed by atoms with Gasteiger partial charge in [0, 0.05) is 17.2 Å². The van der Waals surface area contributed by atoms with Crippen LogP contribution in [0.4, 0.5) is 10.2 Å². The fraction of sp³-hybridized carbons (Fsp3) is 0.545. The van der Waals surface area contributed by atoms with E-state index in [1.165, 1.54) is 24.7 Å². The number of anilines is 1. The third-order valence-corrected chi connectivity index (χ3v) is 3.26. The monoisotopic (exact) mass is 306 g/mol. The second kappa shape index (κ2) is 7.90. The van der Waals surface area contributed by atoms with Gasteiger partial charge in [-0.15, -0.1) is 0 Å². The van der Waals surface area contributed by atoms with Crippen LogP contribution >= 0.6 is 27.7 Å². The van der Waals surface area contributed by atoms with E-state index in [1.807, 2.05) is 11.8 Å². The van der Waals surface area contributed by atoms with Gasteiger partial charge < -0.3 is 5.32 Å². The van der Waals surface area contributed by atoms with Crippen LogP contribution in [0, 0.1) is 5.82 Å². The summed E-state index contributed by atoms with van der Waals surface area (Å²) >= 11 is 5.04. The van der Waals surface area contributed by atoms with Crippen molar-refractivity contribution >= 4 is 33.5 Å². The summed E-state index contributed by atoms with van der Waals surface area (Å²) in [6.45, 7) is 0.778. The molecule has 1 aromatic rings. The lowest BCUT2D eigenvalue weighted by molar-refractivity contribution is 0.621. The minimum absolute atomic E-state index is 0.307. The molecule has 0 fully saturated rings. The zero-order valence-electron chi connectivity index (χ0n) is 9.30. The number of thioether (sulfide) groups is 1. The first-order valence-corrected chi connectivity index (χ1v) is 7.46. The molecule has 0 bridgehead atoms. The summed E-state index contributed by atoms with van der Waals surface area (Å²) < 4.78 is 14.0. The van der Waals surface area contributed by atoms with Gasteiger partial charge in [0.05, 0.1) is 0 Å². The van der Waals surface area contributed by atoms with Crippen molar-refractivity contribution in [1.82, 2.24) is 4.98 Å². The van der Waals surface area contributed by atoms with E-state index >= 15 is 0 Å². The Bertz CT molecular complexity index is 323. The molecule has 2 nitrogen and oxygen atoms in total. The highest BCUT2D eigenvalue weighted by Crippen LogP contribution is 2.16. The maximum absolute atomic E-state index is 13.3. The van der Waals surface area contributed by atoms with Crippen LogP contribution in [0.2, 0.25) is 0 Å². The number of unbranched alkanes of at least 4 members (excludes halogenated alkanes) is 2. The van der Waals surface area contributed by atoms with Gasteiger partial charge in [0.25, 0.3) is 0 Å². The molecule has 90 valence electrons. The third kappa shape index (κ3) is 5.16. The van der Waals surface area contributed by atoms with Crippen LogP contribution in [0.5, 0.6) is 0 Å². The van der Waals surface area contributed by atoms with Gasteiger partial charge in [-0.3, -0.25) is 0 Å². The molecular formula is C11H16BrFN2S. The van der Waals surface area contributed by atoms with Gasteiger partial charge in [-0.1, -0.05) is 6.42 Å². The molecule has 1 N–H and O–H groups in total. The second-order valence-corrected chi connectivity index (χ2v) is 5.37. The number of nitrogens with zero attached hydrogens (tertiary/aromatic N) is 1. The number of nitrogens with one attached hydrogen (secondary N) is 1. The maximum Gasteiger partial charge on any atom is 0.166 e. The highest BCUT2D eigenvalue weighted by Gasteiger charge is 2.02. The average Bonchev–Trinajstić information content (AvgIpc) is 2.26. The average molecular weight is 307 g/mol. The van der Waals surface area contributed by atoms with E-state index in [1.54, 1.807) is 6.20 Å². The van der Waals surface area contributed by atoms with Crippen LogP contribution in [-0.4, -0.2) is 23.5 Å². The number of halogens is 2. The van der Waals surface area contributed by atoms with Crippen LogP contribution in [0.1, 0.15) is 19.3 Å². The lowest BCUT2D eigenvalue weighted by atomic mass is 10.2. The molecule has 5 heteroatoms. The van der Waals surface area contributed by atoms with Gasteiger partial charge in [0.2, 0.25) is 0 Å². The molecule has 0 aliphatic carbocycles. The zero-order valence-corrected chi connectivity index (χ0v) is 11.7. The molecule has 0 unspecified atom stereocenters. The summed E-state index contributed by atoms with van der Waals surface area (Å²) in [6.07, 6.45) is 7.15. The maximum atomic E-state index is 13.3. The third-order valence-electron chi connectivity index (χ3n) is 2.13. The minimum Gasteiger partial charge on any atom is -0.368 e. The number of hydrogen-bond donors (Lipinski definition) is 1. The highest BCUT2D eigenvalue weighted by atomic mass is 79.9. The van der Waals surface area contributed by atoms with Crippen molar-refractivity contribution in [2.45, 2.75) is 19.3 Å². The van der Waals surface area contributed by atoms with E-state index < -0.39 is 0 Å². The Balaban J connectivity index is 2.21. The quantitative estimate of drug-likeness (QED) is 0.773. The Morgan fingerprint density at radius 1 is 1.44 bits per heavy atom. The van der Waals surface area contributed by atoms with Crippen molar-refractivity contribution in [3.05, 3.63) is 22.6 Å². The first-order valence-electron chi connectivity index (χ1n) is 5.28. The summed E-state index contributed by atoms with van der Waals surface area (Å²) in [5.74, 6) is 1.23. The SMILES string of the molecule is CSCCCCCNc1ncc(Br)cc1F. The molecule has 0 aliphatic rings. The first kappa shape index (κ1) is 13.8. The number of rotatable bonds is 7. The van der Waals surface area contributed by atoms with Gasteiger partial charge >= 0.3 is 0 Å². The van der Waals surface area contributed by atoms with Crippen LogP contribution in [0.25, 0.3) is 0 Å². The molecule has 0 aliphatic heterocycles. The minimum atomic E-state index is -0.307. The lowest BCUT2D eigenvalue weighted by Gasteiger charge is -2.06. The highest BCUT2D eigenvalue weighted by molar-refractivity contribution is 9.10. The summed E-state index contributed by atoms with van der Waals surface area (Å²) in [5.41, 5.74) is 0.